The van der Waals surface area contributed by atoms with Crippen LogP contribution in [-0.4, -0.2) is 29.3 Å². The van der Waals surface area contributed by atoms with Gasteiger partial charge in [0, 0.05) is 12.1 Å². The molecule has 1 aromatic heterocycles. The first kappa shape index (κ1) is 12.2. The first-order chi connectivity index (χ1) is 8.70. The molecule has 18 heavy (non-hydrogen) atoms. The Morgan fingerprint density at radius 3 is 2.83 bits per heavy atom. The van der Waals surface area contributed by atoms with Crippen LogP contribution in [0.5, 0.6) is 5.75 Å². The minimum atomic E-state index is -0.379. The number of aliphatic hydroxyl groups excluding tert-OH is 1. The standard InChI is InChI=1S/C13H13NO4/c15-7-6-14-13(17)12-5-4-11(18-12)9-2-1-3-10(16)8-9/h1-5,8,15-16H,6-7H2,(H,14,17). The summed E-state index contributed by atoms with van der Waals surface area (Å²) in [6.45, 7) is 0.0624. The topological polar surface area (TPSA) is 82.7 Å². The fourth-order valence-electron chi connectivity index (χ4n) is 1.53. The minimum absolute atomic E-state index is 0.119. The van der Waals surface area contributed by atoms with Crippen LogP contribution in [0.1, 0.15) is 10.6 Å². The smallest absolute Gasteiger partial charge is 0.287 e. The van der Waals surface area contributed by atoms with E-state index in [0.29, 0.717) is 11.3 Å². The summed E-state index contributed by atoms with van der Waals surface area (Å²) in [6, 6.07) is 9.77. The molecule has 0 bridgehead atoms. The third-order valence-electron chi connectivity index (χ3n) is 2.36. The van der Waals surface area contributed by atoms with E-state index >= 15 is 0 Å². The molecule has 0 fully saturated rings. The molecule has 3 N–H and O–H groups in total. The number of hydrogen-bond acceptors (Lipinski definition) is 4. The fraction of sp³-hybridized carbons (Fsp3) is 0.154. The van der Waals surface area contributed by atoms with E-state index in [-0.39, 0.29) is 30.6 Å². The second-order valence-electron chi connectivity index (χ2n) is 3.69. The first-order valence-electron chi connectivity index (χ1n) is 5.49. The predicted octanol–water partition coefficient (Wildman–Crippen LogP) is 1.37. The third-order valence-corrected chi connectivity index (χ3v) is 2.36. The van der Waals surface area contributed by atoms with Gasteiger partial charge in [0.15, 0.2) is 5.76 Å². The average Bonchev–Trinajstić information content (AvgIpc) is 2.85. The van der Waals surface area contributed by atoms with Gasteiger partial charge in [0.05, 0.1) is 6.61 Å². The zero-order valence-corrected chi connectivity index (χ0v) is 9.59. The Bertz CT molecular complexity index is 547. The normalized spacial score (nSPS) is 10.3. The summed E-state index contributed by atoms with van der Waals surface area (Å²) in [4.78, 5) is 11.5. The number of aromatic hydroxyl groups is 1. The van der Waals surface area contributed by atoms with E-state index in [0.717, 1.165) is 0 Å². The molecule has 1 amide bonds. The van der Waals surface area contributed by atoms with Crippen LogP contribution in [0.3, 0.4) is 0 Å². The summed E-state index contributed by atoms with van der Waals surface area (Å²) in [5.41, 5.74) is 0.691. The van der Waals surface area contributed by atoms with Crippen molar-refractivity contribution in [3.63, 3.8) is 0 Å². The lowest BCUT2D eigenvalue weighted by Gasteiger charge is -2.00. The van der Waals surface area contributed by atoms with Gasteiger partial charge >= 0.3 is 0 Å². The van der Waals surface area contributed by atoms with Crippen LogP contribution in [0.2, 0.25) is 0 Å². The molecule has 2 rings (SSSR count). The maximum Gasteiger partial charge on any atom is 0.287 e. The second-order valence-corrected chi connectivity index (χ2v) is 3.69. The molecule has 94 valence electrons. The van der Waals surface area contributed by atoms with Crippen molar-refractivity contribution in [2.24, 2.45) is 0 Å². The molecule has 1 heterocycles. The van der Waals surface area contributed by atoms with Crippen LogP contribution < -0.4 is 5.32 Å². The molecule has 0 spiro atoms. The highest BCUT2D eigenvalue weighted by atomic mass is 16.4. The lowest BCUT2D eigenvalue weighted by molar-refractivity contribution is 0.0918. The van der Waals surface area contributed by atoms with Gasteiger partial charge in [-0.25, -0.2) is 0 Å². The van der Waals surface area contributed by atoms with Crippen molar-refractivity contribution in [3.8, 4) is 17.1 Å². The number of aliphatic hydroxyl groups is 1. The number of phenols is 1. The number of phenolic OH excluding ortho intramolecular Hbond substituents is 1. The summed E-state index contributed by atoms with van der Waals surface area (Å²) >= 11 is 0. The largest absolute Gasteiger partial charge is 0.508 e. The van der Waals surface area contributed by atoms with E-state index in [9.17, 15) is 9.90 Å². The van der Waals surface area contributed by atoms with Gasteiger partial charge in [-0.2, -0.15) is 0 Å². The summed E-state index contributed by atoms with van der Waals surface area (Å²) < 4.78 is 5.38. The molecular formula is C13H13NO4. The average molecular weight is 247 g/mol. The number of amides is 1. The van der Waals surface area contributed by atoms with Crippen molar-refractivity contribution in [3.05, 3.63) is 42.2 Å². The highest BCUT2D eigenvalue weighted by Gasteiger charge is 2.11. The first-order valence-corrected chi connectivity index (χ1v) is 5.49. The molecule has 0 radical (unpaired) electrons. The van der Waals surface area contributed by atoms with Crippen molar-refractivity contribution >= 4 is 5.91 Å². The van der Waals surface area contributed by atoms with Crippen molar-refractivity contribution in [1.29, 1.82) is 0 Å². The van der Waals surface area contributed by atoms with Crippen LogP contribution in [0.4, 0.5) is 0 Å². The zero-order valence-electron chi connectivity index (χ0n) is 9.59. The molecule has 1 aromatic carbocycles. The second kappa shape index (κ2) is 5.37. The number of furan rings is 1. The maximum atomic E-state index is 11.5. The Morgan fingerprint density at radius 2 is 2.11 bits per heavy atom. The predicted molar refractivity (Wildman–Crippen MR) is 65.2 cm³/mol. The number of rotatable bonds is 4. The van der Waals surface area contributed by atoms with Gasteiger partial charge < -0.3 is 19.9 Å². The summed E-state index contributed by atoms with van der Waals surface area (Å²) in [6.07, 6.45) is 0. The Morgan fingerprint density at radius 1 is 1.28 bits per heavy atom. The van der Waals surface area contributed by atoms with Gasteiger partial charge in [0.25, 0.3) is 5.91 Å². The molecular weight excluding hydrogens is 234 g/mol. The summed E-state index contributed by atoms with van der Waals surface area (Å²) in [7, 11) is 0. The van der Waals surface area contributed by atoms with E-state index in [2.05, 4.69) is 5.32 Å². The minimum Gasteiger partial charge on any atom is -0.508 e. The lowest BCUT2D eigenvalue weighted by atomic mass is 10.2. The molecule has 0 unspecified atom stereocenters. The Labute approximate surface area is 104 Å². The van der Waals surface area contributed by atoms with Crippen molar-refractivity contribution in [1.82, 2.24) is 5.32 Å². The van der Waals surface area contributed by atoms with Gasteiger partial charge in [-0.1, -0.05) is 12.1 Å². The molecule has 5 nitrogen and oxygen atoms in total. The molecule has 0 aliphatic heterocycles. The number of carbonyl (C=O) groups is 1. The number of nitrogens with one attached hydrogen (secondary N) is 1. The van der Waals surface area contributed by atoms with Crippen LogP contribution >= 0.6 is 0 Å². The van der Waals surface area contributed by atoms with E-state index in [1.807, 2.05) is 0 Å². The Hall–Kier alpha value is -2.27. The zero-order chi connectivity index (χ0) is 13.0. The van der Waals surface area contributed by atoms with Crippen LogP contribution in [0, 0.1) is 0 Å². The summed E-state index contributed by atoms with van der Waals surface area (Å²) in [5, 5.41) is 20.5. The monoisotopic (exact) mass is 247 g/mol. The molecule has 5 heteroatoms. The number of carbonyl (C=O) groups excluding carboxylic acids is 1. The van der Waals surface area contributed by atoms with Crippen LogP contribution in [-0.2, 0) is 0 Å². The number of benzene rings is 1. The van der Waals surface area contributed by atoms with Crippen molar-refractivity contribution in [2.75, 3.05) is 13.2 Å². The number of hydrogen-bond donors (Lipinski definition) is 3. The van der Waals surface area contributed by atoms with Crippen LogP contribution in [0.15, 0.2) is 40.8 Å². The van der Waals surface area contributed by atoms with E-state index in [1.54, 1.807) is 36.4 Å². The molecule has 0 saturated carbocycles. The van der Waals surface area contributed by atoms with Gasteiger partial charge in [0.2, 0.25) is 0 Å². The fourth-order valence-corrected chi connectivity index (χ4v) is 1.53. The molecule has 0 atom stereocenters. The maximum absolute atomic E-state index is 11.5. The summed E-state index contributed by atoms with van der Waals surface area (Å²) in [5.74, 6) is 0.424. The molecule has 0 aliphatic rings. The van der Waals surface area contributed by atoms with Gasteiger partial charge in [0.1, 0.15) is 11.5 Å². The van der Waals surface area contributed by atoms with Crippen molar-refractivity contribution < 1.29 is 19.4 Å². The Kier molecular flexibility index (Phi) is 3.64. The van der Waals surface area contributed by atoms with E-state index < -0.39 is 0 Å². The highest BCUT2D eigenvalue weighted by Crippen LogP contribution is 2.25. The lowest BCUT2D eigenvalue weighted by Crippen LogP contribution is -2.25. The van der Waals surface area contributed by atoms with Crippen molar-refractivity contribution in [2.45, 2.75) is 0 Å². The third kappa shape index (κ3) is 2.70. The van der Waals surface area contributed by atoms with Gasteiger partial charge in [-0.3, -0.25) is 4.79 Å². The quantitative estimate of drug-likeness (QED) is 0.762. The van der Waals surface area contributed by atoms with Crippen LogP contribution in [0.25, 0.3) is 11.3 Å². The molecule has 0 saturated heterocycles. The highest BCUT2D eigenvalue weighted by molar-refractivity contribution is 5.92. The van der Waals surface area contributed by atoms with Gasteiger partial charge in [-0.15, -0.1) is 0 Å². The van der Waals surface area contributed by atoms with E-state index in [1.165, 1.54) is 0 Å². The Balaban J connectivity index is 2.17. The molecule has 2 aromatic rings. The SMILES string of the molecule is O=C(NCCO)c1ccc(-c2cccc(O)c2)o1. The molecule has 0 aliphatic carbocycles. The van der Waals surface area contributed by atoms with Gasteiger partial charge in [-0.05, 0) is 24.3 Å². The van der Waals surface area contributed by atoms with E-state index in [4.69, 9.17) is 9.52 Å².